The lowest BCUT2D eigenvalue weighted by Crippen LogP contribution is -2.62. The molecule has 2 heterocycles. The zero-order valence-corrected chi connectivity index (χ0v) is 50.6. The molecule has 2 aliphatic heterocycles. The van der Waals surface area contributed by atoms with Gasteiger partial charge in [0.1, 0.15) is 51.8 Å². The number of fused-ring (bicyclic) bond motifs is 4. The molecule has 0 bridgehead atoms. The lowest BCUT2D eigenvalue weighted by molar-refractivity contribution is -0.304. The van der Waals surface area contributed by atoms with Gasteiger partial charge in [0, 0.05) is 11.1 Å². The second-order valence-electron chi connectivity index (χ2n) is 22.1. The maximum Gasteiger partial charge on any atom is 0.340 e. The van der Waals surface area contributed by atoms with E-state index in [1.54, 1.807) is 84.9 Å². The van der Waals surface area contributed by atoms with Crippen LogP contribution in [-0.4, -0.2) is 75.6 Å². The number of rotatable bonds is 23. The molecule has 18 heteroatoms. The number of carbonyl (C=O) groups excluding carboxylic acids is 3. The van der Waals surface area contributed by atoms with E-state index in [4.69, 9.17) is 52.1 Å². The van der Waals surface area contributed by atoms with Crippen LogP contribution in [0.3, 0.4) is 0 Å². The average Bonchev–Trinajstić information content (AvgIpc) is 1.22. The van der Waals surface area contributed by atoms with Gasteiger partial charge in [-0.3, -0.25) is 0 Å². The van der Waals surface area contributed by atoms with E-state index in [0.29, 0.717) is 22.3 Å². The molecule has 0 amide bonds. The number of esters is 3. The van der Waals surface area contributed by atoms with E-state index in [9.17, 15) is 20.4 Å². The van der Waals surface area contributed by atoms with Crippen molar-refractivity contribution in [3.63, 3.8) is 0 Å². The Hall–Kier alpha value is -11.3. The number of ether oxygens (including phenoxy) is 11. The molecule has 0 aliphatic carbocycles. The molecule has 5 atom stereocenters. The normalized spacial score (nSPS) is 16.7. The van der Waals surface area contributed by atoms with Crippen LogP contribution < -0.4 is 23.7 Å². The first-order chi connectivity index (χ1) is 46.0. The highest BCUT2D eigenvalue weighted by Gasteiger charge is 2.53. The first-order valence-corrected chi connectivity index (χ1v) is 30.3. The topological polar surface area (TPSA) is 234 Å². The molecule has 0 aromatic heterocycles. The maximum absolute atomic E-state index is 15.6. The summed E-state index contributed by atoms with van der Waals surface area (Å²) in [6, 6.07) is 68.8. The smallest absolute Gasteiger partial charge is 0.340 e. The predicted molar refractivity (Wildman–Crippen MR) is 342 cm³/mol. The molecule has 12 rings (SSSR count). The van der Waals surface area contributed by atoms with E-state index in [1.165, 1.54) is 12.1 Å². The molecule has 10 aromatic carbocycles. The summed E-state index contributed by atoms with van der Waals surface area (Å²) in [4.78, 5) is 46.0. The largest absolute Gasteiger partial charge is 0.504 e. The van der Waals surface area contributed by atoms with Crippen molar-refractivity contribution in [3.8, 4) is 62.9 Å². The minimum absolute atomic E-state index is 0.0566. The summed E-state index contributed by atoms with van der Waals surface area (Å²) in [5.74, 6) is -7.43. The fraction of sp³-hybridized carbons (Fsp3) is 0.171. The molecule has 10 aromatic rings. The first-order valence-electron chi connectivity index (χ1n) is 30.3. The standard InChI is InChI=1S/C76H64O18/c77-58-38-56-63(65(79)67(58)86-42-50-26-12-3-13-27-50)64-57(39-59(78)68(66(64)80)87-43-51-28-14-4-15-29-51)75(83)93-70-62(47-91-74(56)82)92-76(72(90-46-54-34-20-7-21-35-54)71(70)89-45-53-32-18-6-19-33-53)94-73(81)55-36-60(84-40-48-22-8-1-9-23-48)69(88-44-52-30-16-5-17-31-52)61(37-55)85-41-49-24-10-2-11-25-49/h1-39,62,70-72,76-80H,40-47H2/t62-,70-,71+,72-,76+/m1/s1. The number of aromatic hydroxyl groups is 4. The number of phenolic OH excluding ortho intramolecular Hbond substituents is 4. The minimum atomic E-state index is -1.77. The zero-order chi connectivity index (χ0) is 64.8. The van der Waals surface area contributed by atoms with Crippen LogP contribution in [0.5, 0.6) is 51.7 Å². The van der Waals surface area contributed by atoms with Gasteiger partial charge in [0.25, 0.3) is 0 Å². The first kappa shape index (κ1) is 62.9. The highest BCUT2D eigenvalue weighted by Crippen LogP contribution is 2.54. The van der Waals surface area contributed by atoms with Crippen molar-refractivity contribution in [2.24, 2.45) is 0 Å². The van der Waals surface area contributed by atoms with Crippen LogP contribution in [0, 0.1) is 0 Å². The predicted octanol–water partition coefficient (Wildman–Crippen LogP) is 13.5. The molecular formula is C76H64O18. The van der Waals surface area contributed by atoms with E-state index in [1.807, 2.05) is 127 Å². The molecule has 0 spiro atoms. The lowest BCUT2D eigenvalue weighted by Gasteiger charge is -2.44. The Balaban J connectivity index is 0.965. The molecule has 2 aliphatic rings. The summed E-state index contributed by atoms with van der Waals surface area (Å²) in [5.41, 5.74) is 2.62. The van der Waals surface area contributed by atoms with Gasteiger partial charge in [-0.25, -0.2) is 14.4 Å². The molecule has 4 N–H and O–H groups in total. The summed E-state index contributed by atoms with van der Waals surface area (Å²) in [6.45, 7) is -1.26. The van der Waals surface area contributed by atoms with E-state index in [0.717, 1.165) is 28.8 Å². The molecular weight excluding hydrogens is 1200 g/mol. The van der Waals surface area contributed by atoms with Gasteiger partial charge in [0.2, 0.25) is 23.5 Å². The Labute approximate surface area is 541 Å². The van der Waals surface area contributed by atoms with Gasteiger partial charge in [0.15, 0.2) is 46.7 Å². The summed E-state index contributed by atoms with van der Waals surface area (Å²) in [7, 11) is 0. The summed E-state index contributed by atoms with van der Waals surface area (Å²) >= 11 is 0. The van der Waals surface area contributed by atoms with Crippen molar-refractivity contribution in [2.45, 2.75) is 77.0 Å². The second kappa shape index (κ2) is 29.8. The number of hydrogen-bond acceptors (Lipinski definition) is 18. The molecule has 94 heavy (non-hydrogen) atoms. The van der Waals surface area contributed by atoms with Gasteiger partial charge < -0.3 is 72.5 Å². The Morgan fingerprint density at radius 2 is 0.745 bits per heavy atom. The van der Waals surface area contributed by atoms with Gasteiger partial charge in [-0.1, -0.05) is 212 Å². The van der Waals surface area contributed by atoms with Crippen LogP contribution in [0.25, 0.3) is 11.1 Å². The van der Waals surface area contributed by atoms with E-state index >= 15 is 14.4 Å². The third-order valence-electron chi connectivity index (χ3n) is 15.6. The van der Waals surface area contributed by atoms with Gasteiger partial charge in [-0.05, 0) is 63.2 Å². The van der Waals surface area contributed by atoms with Crippen molar-refractivity contribution >= 4 is 17.9 Å². The third kappa shape index (κ3) is 15.0. The molecule has 0 unspecified atom stereocenters. The molecule has 18 nitrogen and oxygen atoms in total. The Morgan fingerprint density at radius 1 is 0.404 bits per heavy atom. The molecule has 0 saturated carbocycles. The summed E-state index contributed by atoms with van der Waals surface area (Å²) in [6.07, 6.45) is -7.99. The van der Waals surface area contributed by atoms with Crippen LogP contribution >= 0.6 is 0 Å². The molecule has 1 fully saturated rings. The Kier molecular flexibility index (Phi) is 19.9. The van der Waals surface area contributed by atoms with E-state index in [2.05, 4.69) is 0 Å². The minimum Gasteiger partial charge on any atom is -0.504 e. The number of benzene rings is 10. The Morgan fingerprint density at radius 3 is 1.14 bits per heavy atom. The van der Waals surface area contributed by atoms with Crippen molar-refractivity contribution in [3.05, 3.63) is 292 Å². The van der Waals surface area contributed by atoms with Gasteiger partial charge in [-0.2, -0.15) is 0 Å². The Bertz CT molecular complexity index is 4140. The van der Waals surface area contributed by atoms with E-state index in [-0.39, 0.29) is 69.1 Å². The SMILES string of the molecule is O=C(O[C@@H]1O[C@@H]2COC(=O)c3cc(O)c(OCc4ccccc4)c(O)c3-c3c(cc(O)c(OCc4ccccc4)c3O)C(=O)O[C@H]2[C@H](OCc2ccccc2)[C@H]1OCc1ccccc1)c1cc(OCc2ccccc2)c(OCc2ccccc2)c(OCc2ccccc2)c1. The molecule has 476 valence electrons. The zero-order valence-electron chi connectivity index (χ0n) is 50.6. The van der Waals surface area contributed by atoms with Crippen molar-refractivity contribution in [1.82, 2.24) is 0 Å². The summed E-state index contributed by atoms with van der Waals surface area (Å²) < 4.78 is 71.0. The van der Waals surface area contributed by atoms with Crippen molar-refractivity contribution < 1.29 is 86.9 Å². The van der Waals surface area contributed by atoms with Gasteiger partial charge in [0.05, 0.1) is 29.9 Å². The number of cyclic esters (lactones) is 1. The van der Waals surface area contributed by atoms with Gasteiger partial charge in [-0.15, -0.1) is 0 Å². The fourth-order valence-electron chi connectivity index (χ4n) is 10.8. The van der Waals surface area contributed by atoms with Crippen LogP contribution in [0.1, 0.15) is 70.0 Å². The second-order valence-corrected chi connectivity index (χ2v) is 22.1. The number of carbonyl (C=O) groups is 3. The van der Waals surface area contributed by atoms with Crippen molar-refractivity contribution in [2.75, 3.05) is 6.61 Å². The van der Waals surface area contributed by atoms with Gasteiger partial charge >= 0.3 is 17.9 Å². The maximum atomic E-state index is 15.6. The monoisotopic (exact) mass is 1260 g/mol. The highest BCUT2D eigenvalue weighted by atomic mass is 16.7. The van der Waals surface area contributed by atoms with Crippen molar-refractivity contribution in [1.29, 1.82) is 0 Å². The van der Waals surface area contributed by atoms with Crippen LogP contribution in [0.4, 0.5) is 0 Å². The van der Waals surface area contributed by atoms with Crippen LogP contribution in [0.2, 0.25) is 0 Å². The van der Waals surface area contributed by atoms with Crippen LogP contribution in [-0.2, 0) is 74.7 Å². The fourth-order valence-corrected chi connectivity index (χ4v) is 10.8. The quantitative estimate of drug-likeness (QED) is 0.0344. The van der Waals surface area contributed by atoms with Crippen LogP contribution in [0.15, 0.2) is 237 Å². The lowest BCUT2D eigenvalue weighted by atomic mass is 9.91. The summed E-state index contributed by atoms with van der Waals surface area (Å²) in [5, 5.41) is 48.4. The number of phenols is 4. The third-order valence-corrected chi connectivity index (χ3v) is 15.6. The highest BCUT2D eigenvalue weighted by molar-refractivity contribution is 6.08. The molecule has 1 saturated heterocycles. The number of hydrogen-bond donors (Lipinski definition) is 4. The van der Waals surface area contributed by atoms with E-state index < -0.39 is 112 Å². The molecule has 0 radical (unpaired) electrons. The average molecular weight is 1270 g/mol.